The van der Waals surface area contributed by atoms with E-state index in [1.807, 2.05) is 0 Å². The summed E-state index contributed by atoms with van der Waals surface area (Å²) in [5.74, 6) is -0.445. The van der Waals surface area contributed by atoms with Gasteiger partial charge in [0.15, 0.2) is 0 Å². The Morgan fingerprint density at radius 3 is 2.63 bits per heavy atom. The van der Waals surface area contributed by atoms with Crippen molar-refractivity contribution in [2.24, 2.45) is 0 Å². The van der Waals surface area contributed by atoms with Crippen LogP contribution >= 0.6 is 34.8 Å². The molecule has 2 aromatic rings. The molecule has 2 aromatic carbocycles. The van der Waals surface area contributed by atoms with Crippen LogP contribution in [-0.4, -0.2) is 27.6 Å². The minimum Gasteiger partial charge on any atom is -0.463 e. The fourth-order valence-corrected chi connectivity index (χ4v) is 4.76. The Labute approximate surface area is 175 Å². The standard InChI is InChI=1S/C19H16Cl3NO3S/c1-2-26-19(24)15-8-9-23(27(25)14-5-3-4-13(20)11-14)18(15)12-6-7-16(21)17(22)10-12/h3-8,10-11,18H,2,9H2,1H3. The second kappa shape index (κ2) is 8.76. The molecule has 1 aliphatic rings. The van der Waals surface area contributed by atoms with Crippen LogP contribution in [0, 0.1) is 0 Å². The molecule has 0 saturated carbocycles. The number of carbonyl (C=O) groups is 1. The van der Waals surface area contributed by atoms with Crippen LogP contribution in [0.3, 0.4) is 0 Å². The molecular weight excluding hydrogens is 429 g/mol. The van der Waals surface area contributed by atoms with E-state index in [4.69, 9.17) is 39.5 Å². The van der Waals surface area contributed by atoms with Crippen LogP contribution in [0.15, 0.2) is 59.0 Å². The van der Waals surface area contributed by atoms with Crippen LogP contribution in [0.5, 0.6) is 0 Å². The molecule has 0 amide bonds. The van der Waals surface area contributed by atoms with E-state index in [0.717, 1.165) is 0 Å². The van der Waals surface area contributed by atoms with Crippen molar-refractivity contribution in [3.05, 3.63) is 74.7 Å². The lowest BCUT2D eigenvalue weighted by Gasteiger charge is -2.26. The smallest absolute Gasteiger partial charge is 0.335 e. The van der Waals surface area contributed by atoms with Crippen LogP contribution in [0.1, 0.15) is 18.5 Å². The quantitative estimate of drug-likeness (QED) is 0.594. The third-order valence-corrected chi connectivity index (χ3v) is 6.47. The molecule has 2 atom stereocenters. The molecule has 1 heterocycles. The summed E-state index contributed by atoms with van der Waals surface area (Å²) in [4.78, 5) is 13.0. The maximum atomic E-state index is 13.2. The van der Waals surface area contributed by atoms with E-state index in [9.17, 15) is 9.00 Å². The first kappa shape index (κ1) is 20.4. The molecule has 0 aromatic heterocycles. The molecular formula is C19H16Cl3NO3S. The van der Waals surface area contributed by atoms with Gasteiger partial charge in [-0.15, -0.1) is 0 Å². The van der Waals surface area contributed by atoms with E-state index in [1.165, 1.54) is 0 Å². The van der Waals surface area contributed by atoms with Crippen LogP contribution in [-0.2, 0) is 20.5 Å². The number of halogens is 3. The van der Waals surface area contributed by atoms with Gasteiger partial charge in [0.05, 0.1) is 33.2 Å². The molecule has 0 saturated heterocycles. The molecule has 0 aliphatic carbocycles. The van der Waals surface area contributed by atoms with Crippen molar-refractivity contribution in [1.82, 2.24) is 4.31 Å². The van der Waals surface area contributed by atoms with E-state index < -0.39 is 23.0 Å². The Morgan fingerprint density at radius 2 is 1.96 bits per heavy atom. The molecule has 27 heavy (non-hydrogen) atoms. The van der Waals surface area contributed by atoms with Gasteiger partial charge in [0.2, 0.25) is 0 Å². The van der Waals surface area contributed by atoms with Crippen molar-refractivity contribution in [2.75, 3.05) is 13.2 Å². The molecule has 0 spiro atoms. The fraction of sp³-hybridized carbons (Fsp3) is 0.211. The van der Waals surface area contributed by atoms with E-state index in [-0.39, 0.29) is 6.61 Å². The highest BCUT2D eigenvalue weighted by atomic mass is 35.5. The predicted molar refractivity (Wildman–Crippen MR) is 108 cm³/mol. The van der Waals surface area contributed by atoms with Crippen LogP contribution < -0.4 is 0 Å². The van der Waals surface area contributed by atoms with E-state index in [0.29, 0.717) is 37.6 Å². The second-order valence-electron chi connectivity index (χ2n) is 5.76. The van der Waals surface area contributed by atoms with Crippen LogP contribution in [0.4, 0.5) is 0 Å². The Morgan fingerprint density at radius 1 is 1.19 bits per heavy atom. The normalized spacial score (nSPS) is 18.2. The summed E-state index contributed by atoms with van der Waals surface area (Å²) in [5.41, 5.74) is 1.13. The molecule has 0 fully saturated rings. The first-order chi connectivity index (χ1) is 12.9. The summed E-state index contributed by atoms with van der Waals surface area (Å²) in [5, 5.41) is 1.25. The lowest BCUT2D eigenvalue weighted by Crippen LogP contribution is -2.29. The Hall–Kier alpha value is -1.37. The highest BCUT2D eigenvalue weighted by molar-refractivity contribution is 7.82. The number of hydrogen-bond acceptors (Lipinski definition) is 3. The Balaban J connectivity index is 2.01. The van der Waals surface area contributed by atoms with Gasteiger partial charge in [0.25, 0.3) is 0 Å². The van der Waals surface area contributed by atoms with Gasteiger partial charge in [-0.25, -0.2) is 13.3 Å². The van der Waals surface area contributed by atoms with Crippen LogP contribution in [0.25, 0.3) is 0 Å². The lowest BCUT2D eigenvalue weighted by atomic mass is 10.0. The minimum absolute atomic E-state index is 0.252. The zero-order valence-corrected chi connectivity index (χ0v) is 17.4. The third kappa shape index (κ3) is 4.39. The van der Waals surface area contributed by atoms with Gasteiger partial charge >= 0.3 is 5.97 Å². The van der Waals surface area contributed by atoms with Gasteiger partial charge in [0, 0.05) is 11.6 Å². The number of rotatable bonds is 5. The highest BCUT2D eigenvalue weighted by Crippen LogP contribution is 2.39. The summed E-state index contributed by atoms with van der Waals surface area (Å²) < 4.78 is 20.1. The fourth-order valence-electron chi connectivity index (χ4n) is 2.87. The van der Waals surface area contributed by atoms with Gasteiger partial charge in [0.1, 0.15) is 11.0 Å². The minimum atomic E-state index is -1.54. The molecule has 1 aliphatic heterocycles. The third-order valence-electron chi connectivity index (χ3n) is 4.05. The summed E-state index contributed by atoms with van der Waals surface area (Å²) in [7, 11) is -1.54. The van der Waals surface area contributed by atoms with Crippen molar-refractivity contribution in [3.63, 3.8) is 0 Å². The first-order valence-corrected chi connectivity index (χ1v) is 10.4. The molecule has 8 heteroatoms. The number of carbonyl (C=O) groups excluding carboxylic acids is 1. The second-order valence-corrected chi connectivity index (χ2v) is 8.45. The number of hydrogen-bond donors (Lipinski definition) is 0. The summed E-state index contributed by atoms with van der Waals surface area (Å²) in [6.45, 7) is 2.31. The van der Waals surface area contributed by atoms with Crippen LogP contribution in [0.2, 0.25) is 15.1 Å². The maximum absolute atomic E-state index is 13.2. The highest BCUT2D eigenvalue weighted by Gasteiger charge is 2.37. The molecule has 0 N–H and O–H groups in total. The predicted octanol–water partition coefficient (Wildman–Crippen LogP) is 5.22. The average molecular weight is 445 g/mol. The topological polar surface area (TPSA) is 46.6 Å². The zero-order chi connectivity index (χ0) is 19.6. The lowest BCUT2D eigenvalue weighted by molar-refractivity contribution is -0.138. The number of esters is 1. The number of nitrogens with zero attached hydrogens (tertiary/aromatic N) is 1. The van der Waals surface area contributed by atoms with Gasteiger partial charge in [-0.3, -0.25) is 0 Å². The van der Waals surface area contributed by atoms with Crippen molar-refractivity contribution >= 4 is 51.8 Å². The maximum Gasteiger partial charge on any atom is 0.335 e. The van der Waals surface area contributed by atoms with E-state index in [1.54, 1.807) is 59.8 Å². The van der Waals surface area contributed by atoms with E-state index in [2.05, 4.69) is 0 Å². The monoisotopic (exact) mass is 443 g/mol. The molecule has 142 valence electrons. The molecule has 0 radical (unpaired) electrons. The summed E-state index contributed by atoms with van der Waals surface area (Å²) in [6, 6.07) is 11.3. The van der Waals surface area contributed by atoms with E-state index >= 15 is 0 Å². The summed E-state index contributed by atoms with van der Waals surface area (Å²) >= 11 is 18.2. The zero-order valence-electron chi connectivity index (χ0n) is 14.3. The largest absolute Gasteiger partial charge is 0.463 e. The van der Waals surface area contributed by atoms with Gasteiger partial charge in [-0.1, -0.05) is 53.0 Å². The molecule has 4 nitrogen and oxygen atoms in total. The van der Waals surface area contributed by atoms with Crippen molar-refractivity contribution in [3.8, 4) is 0 Å². The van der Waals surface area contributed by atoms with Gasteiger partial charge in [-0.2, -0.15) is 0 Å². The Kier molecular flexibility index (Phi) is 6.61. The average Bonchev–Trinajstić information content (AvgIpc) is 3.08. The van der Waals surface area contributed by atoms with Crippen molar-refractivity contribution < 1.29 is 13.7 Å². The number of ether oxygens (including phenoxy) is 1. The van der Waals surface area contributed by atoms with Gasteiger partial charge < -0.3 is 4.74 Å². The van der Waals surface area contributed by atoms with Crippen molar-refractivity contribution in [1.29, 1.82) is 0 Å². The number of benzene rings is 2. The Bertz CT molecular complexity index is 932. The molecule has 2 unspecified atom stereocenters. The SMILES string of the molecule is CCOC(=O)C1=CCN(S(=O)c2cccc(Cl)c2)C1c1ccc(Cl)c(Cl)c1. The molecule has 0 bridgehead atoms. The molecule has 3 rings (SSSR count). The summed E-state index contributed by atoms with van der Waals surface area (Å²) in [6.07, 6.45) is 1.73. The van der Waals surface area contributed by atoms with Gasteiger partial charge in [-0.05, 0) is 42.8 Å². The first-order valence-electron chi connectivity index (χ1n) is 8.18. The van der Waals surface area contributed by atoms with Crippen molar-refractivity contribution in [2.45, 2.75) is 17.9 Å².